The van der Waals surface area contributed by atoms with Crippen molar-refractivity contribution in [3.8, 4) is 11.5 Å². The van der Waals surface area contributed by atoms with E-state index in [0.717, 1.165) is 67.4 Å². The van der Waals surface area contributed by atoms with E-state index < -0.39 is 6.10 Å². The second-order valence-corrected chi connectivity index (χ2v) is 11.6. The number of anilines is 2. The third-order valence-electron chi connectivity index (χ3n) is 8.64. The van der Waals surface area contributed by atoms with E-state index in [4.69, 9.17) is 18.9 Å². The maximum atomic E-state index is 14.2. The SMILES string of the molecule is COCCCN1CCOc2ccc(COC3CNCC(O)C3c3ccc(OC4CCN(c5ccccc5F)C4)cc3)cc21. The standard InChI is InChI=1S/C34H42FN3O5/c1-40-17-4-14-37-16-18-41-32-12-7-24(19-30(32)37)23-42-33-21-36-20-31(39)34(33)25-8-10-26(11-9-25)43-27-13-15-38(22-27)29-6-3-2-5-28(29)35/h2-3,5-12,19,27,31,33-34,36,39H,4,13-18,20-23H2,1H3. The van der Waals surface area contributed by atoms with Gasteiger partial charge in [0.1, 0.15) is 30.0 Å². The van der Waals surface area contributed by atoms with Crippen molar-refractivity contribution in [2.75, 3.05) is 69.4 Å². The molecule has 0 spiro atoms. The fraction of sp³-hybridized carbons (Fsp3) is 0.471. The first-order valence-electron chi connectivity index (χ1n) is 15.3. The van der Waals surface area contributed by atoms with Crippen molar-refractivity contribution in [3.05, 3.63) is 83.7 Å². The predicted octanol–water partition coefficient (Wildman–Crippen LogP) is 4.35. The van der Waals surface area contributed by atoms with Gasteiger partial charge in [-0.15, -0.1) is 0 Å². The molecule has 2 N–H and O–H groups in total. The van der Waals surface area contributed by atoms with Gasteiger partial charge < -0.3 is 39.2 Å². The normalized spacial score (nSPS) is 23.6. The molecule has 0 amide bonds. The maximum Gasteiger partial charge on any atom is 0.146 e. The van der Waals surface area contributed by atoms with Gasteiger partial charge in [-0.05, 0) is 53.9 Å². The monoisotopic (exact) mass is 591 g/mol. The second kappa shape index (κ2) is 13.9. The molecule has 0 bridgehead atoms. The summed E-state index contributed by atoms with van der Waals surface area (Å²) >= 11 is 0. The number of methoxy groups -OCH3 is 1. The lowest BCUT2D eigenvalue weighted by atomic mass is 9.85. The summed E-state index contributed by atoms with van der Waals surface area (Å²) in [5.41, 5.74) is 3.81. The van der Waals surface area contributed by atoms with Gasteiger partial charge in [-0.25, -0.2) is 4.39 Å². The molecule has 6 rings (SSSR count). The Morgan fingerprint density at radius 1 is 1.02 bits per heavy atom. The first kappa shape index (κ1) is 29.7. The lowest BCUT2D eigenvalue weighted by Crippen LogP contribution is -2.49. The minimum Gasteiger partial charge on any atom is -0.490 e. The zero-order chi connectivity index (χ0) is 29.6. The van der Waals surface area contributed by atoms with E-state index in [9.17, 15) is 9.50 Å². The molecule has 0 aliphatic carbocycles. The largest absolute Gasteiger partial charge is 0.490 e. The van der Waals surface area contributed by atoms with E-state index in [2.05, 4.69) is 22.3 Å². The number of aliphatic hydroxyl groups excluding tert-OH is 1. The molecule has 43 heavy (non-hydrogen) atoms. The summed E-state index contributed by atoms with van der Waals surface area (Å²) in [5.74, 6) is 1.31. The first-order valence-corrected chi connectivity index (χ1v) is 15.3. The number of para-hydroxylation sites is 1. The third kappa shape index (κ3) is 7.07. The number of nitrogens with zero attached hydrogens (tertiary/aromatic N) is 2. The van der Waals surface area contributed by atoms with E-state index in [-0.39, 0.29) is 23.9 Å². The summed E-state index contributed by atoms with van der Waals surface area (Å²) in [6.07, 6.45) is 1.02. The minimum absolute atomic E-state index is 0.0103. The molecule has 4 atom stereocenters. The van der Waals surface area contributed by atoms with Crippen LogP contribution >= 0.6 is 0 Å². The topological polar surface area (TPSA) is 75.7 Å². The highest BCUT2D eigenvalue weighted by molar-refractivity contribution is 5.61. The Kier molecular flexibility index (Phi) is 9.63. The summed E-state index contributed by atoms with van der Waals surface area (Å²) < 4.78 is 38.1. The Labute approximate surface area is 253 Å². The Morgan fingerprint density at radius 2 is 1.88 bits per heavy atom. The maximum absolute atomic E-state index is 14.2. The van der Waals surface area contributed by atoms with Crippen LogP contribution in [0.5, 0.6) is 11.5 Å². The second-order valence-electron chi connectivity index (χ2n) is 11.6. The van der Waals surface area contributed by atoms with Crippen LogP contribution in [0.2, 0.25) is 0 Å². The van der Waals surface area contributed by atoms with Crippen molar-refractivity contribution in [2.45, 2.75) is 43.7 Å². The highest BCUT2D eigenvalue weighted by Gasteiger charge is 2.34. The molecule has 230 valence electrons. The summed E-state index contributed by atoms with van der Waals surface area (Å²) in [6, 6.07) is 21.1. The average Bonchev–Trinajstić information content (AvgIpc) is 3.49. The van der Waals surface area contributed by atoms with Gasteiger partial charge in [-0.1, -0.05) is 30.3 Å². The smallest absolute Gasteiger partial charge is 0.146 e. The molecule has 3 aromatic carbocycles. The molecule has 0 saturated carbocycles. The van der Waals surface area contributed by atoms with Crippen LogP contribution in [-0.4, -0.2) is 83.0 Å². The fourth-order valence-corrected chi connectivity index (χ4v) is 6.43. The molecular formula is C34H42FN3O5. The molecule has 3 aliphatic heterocycles. The molecule has 8 nitrogen and oxygen atoms in total. The number of halogens is 1. The van der Waals surface area contributed by atoms with Gasteiger partial charge in [-0.3, -0.25) is 0 Å². The first-order chi connectivity index (χ1) is 21.1. The number of hydrogen-bond donors (Lipinski definition) is 2. The van der Waals surface area contributed by atoms with E-state index in [1.54, 1.807) is 13.2 Å². The lowest BCUT2D eigenvalue weighted by molar-refractivity contribution is -0.0328. The number of aliphatic hydroxyl groups is 1. The Bertz CT molecular complexity index is 1340. The van der Waals surface area contributed by atoms with Crippen LogP contribution in [0.4, 0.5) is 15.8 Å². The van der Waals surface area contributed by atoms with Gasteiger partial charge in [0, 0.05) is 52.2 Å². The number of rotatable bonds is 11. The van der Waals surface area contributed by atoms with Crippen LogP contribution in [0, 0.1) is 5.82 Å². The molecule has 2 fully saturated rings. The number of β-amino-alcohol motifs (C(OH)–C–C–N with tert-alkyl or cyclic N) is 1. The molecule has 3 heterocycles. The van der Waals surface area contributed by atoms with Crippen LogP contribution in [0.15, 0.2) is 66.7 Å². The molecule has 4 unspecified atom stereocenters. The quantitative estimate of drug-likeness (QED) is 0.319. The number of hydrogen-bond acceptors (Lipinski definition) is 8. The van der Waals surface area contributed by atoms with Crippen molar-refractivity contribution in [3.63, 3.8) is 0 Å². The molecular weight excluding hydrogens is 549 g/mol. The van der Waals surface area contributed by atoms with Gasteiger partial charge in [0.05, 0.1) is 43.3 Å². The molecule has 2 saturated heterocycles. The highest BCUT2D eigenvalue weighted by atomic mass is 19.1. The Balaban J connectivity index is 1.07. The van der Waals surface area contributed by atoms with Crippen LogP contribution in [0.25, 0.3) is 0 Å². The van der Waals surface area contributed by atoms with Crippen molar-refractivity contribution in [2.24, 2.45) is 0 Å². The summed E-state index contributed by atoms with van der Waals surface area (Å²) in [7, 11) is 1.73. The predicted molar refractivity (Wildman–Crippen MR) is 165 cm³/mol. The van der Waals surface area contributed by atoms with Crippen molar-refractivity contribution < 1.29 is 28.4 Å². The summed E-state index contributed by atoms with van der Waals surface area (Å²) in [4.78, 5) is 4.39. The minimum atomic E-state index is -0.567. The van der Waals surface area contributed by atoms with Crippen molar-refractivity contribution in [1.29, 1.82) is 0 Å². The van der Waals surface area contributed by atoms with Crippen molar-refractivity contribution in [1.82, 2.24) is 5.32 Å². The summed E-state index contributed by atoms with van der Waals surface area (Å²) in [5, 5.41) is 14.3. The van der Waals surface area contributed by atoms with Gasteiger partial charge >= 0.3 is 0 Å². The van der Waals surface area contributed by atoms with E-state index in [1.807, 2.05) is 47.4 Å². The van der Waals surface area contributed by atoms with Gasteiger partial charge in [0.15, 0.2) is 0 Å². The third-order valence-corrected chi connectivity index (χ3v) is 8.64. The van der Waals surface area contributed by atoms with Crippen LogP contribution < -0.4 is 24.6 Å². The highest BCUT2D eigenvalue weighted by Crippen LogP contribution is 2.35. The molecule has 3 aliphatic rings. The van der Waals surface area contributed by atoms with Gasteiger partial charge in [0.2, 0.25) is 0 Å². The molecule has 3 aromatic rings. The Morgan fingerprint density at radius 3 is 2.72 bits per heavy atom. The zero-order valence-corrected chi connectivity index (χ0v) is 24.8. The number of benzene rings is 3. The van der Waals surface area contributed by atoms with Crippen LogP contribution in [0.3, 0.4) is 0 Å². The molecule has 0 radical (unpaired) electrons. The Hall–Kier alpha value is -3.37. The number of piperidine rings is 1. The summed E-state index contributed by atoms with van der Waals surface area (Å²) in [6.45, 7) is 6.20. The van der Waals surface area contributed by atoms with E-state index in [1.165, 1.54) is 6.07 Å². The average molecular weight is 592 g/mol. The number of nitrogens with one attached hydrogen (secondary N) is 1. The molecule has 9 heteroatoms. The zero-order valence-electron chi connectivity index (χ0n) is 24.8. The molecule has 0 aromatic heterocycles. The van der Waals surface area contributed by atoms with E-state index >= 15 is 0 Å². The van der Waals surface area contributed by atoms with Crippen molar-refractivity contribution >= 4 is 11.4 Å². The number of fused-ring (bicyclic) bond motifs is 1. The fourth-order valence-electron chi connectivity index (χ4n) is 6.43. The lowest BCUT2D eigenvalue weighted by Gasteiger charge is -2.36. The number of ether oxygens (including phenoxy) is 4. The van der Waals surface area contributed by atoms with E-state index in [0.29, 0.717) is 38.5 Å². The van der Waals surface area contributed by atoms with Crippen LogP contribution in [-0.2, 0) is 16.1 Å². The van der Waals surface area contributed by atoms with Gasteiger partial charge in [-0.2, -0.15) is 0 Å². The van der Waals surface area contributed by atoms with Gasteiger partial charge in [0.25, 0.3) is 0 Å². The van der Waals surface area contributed by atoms with Crippen LogP contribution in [0.1, 0.15) is 29.9 Å².